The highest BCUT2D eigenvalue weighted by atomic mass is 16.6. The first kappa shape index (κ1) is 12.9. The van der Waals surface area contributed by atoms with Crippen LogP contribution in [-0.4, -0.2) is 44.3 Å². The topological polar surface area (TPSA) is 39.7 Å². The van der Waals surface area contributed by atoms with Crippen LogP contribution in [0, 0.1) is 5.41 Å². The fourth-order valence-electron chi connectivity index (χ4n) is 3.46. The van der Waals surface area contributed by atoms with E-state index >= 15 is 0 Å². The van der Waals surface area contributed by atoms with Crippen LogP contribution in [0.3, 0.4) is 0 Å². The summed E-state index contributed by atoms with van der Waals surface area (Å²) in [6.45, 7) is 8.67. The Morgan fingerprint density at radius 1 is 0.944 bits per heavy atom. The van der Waals surface area contributed by atoms with Gasteiger partial charge in [-0.1, -0.05) is 13.8 Å². The Balaban J connectivity index is 1.84. The lowest BCUT2D eigenvalue weighted by molar-refractivity contribution is -0.302. The average Bonchev–Trinajstić information content (AvgIpc) is 2.38. The molecule has 3 aliphatic rings. The highest BCUT2D eigenvalue weighted by Gasteiger charge is 2.56. The SMILES string of the molecule is CC1(C)CNC2(CCCOC2)OC12CCCOC2. The van der Waals surface area contributed by atoms with Gasteiger partial charge in [-0.3, -0.25) is 5.32 Å². The lowest BCUT2D eigenvalue weighted by Crippen LogP contribution is -2.71. The molecule has 4 nitrogen and oxygen atoms in total. The Kier molecular flexibility index (Phi) is 3.17. The first-order valence-corrected chi connectivity index (χ1v) is 7.18. The summed E-state index contributed by atoms with van der Waals surface area (Å²) in [4.78, 5) is 0. The number of hydrogen-bond acceptors (Lipinski definition) is 4. The van der Waals surface area contributed by atoms with E-state index in [1.807, 2.05) is 0 Å². The van der Waals surface area contributed by atoms with Crippen LogP contribution >= 0.6 is 0 Å². The van der Waals surface area contributed by atoms with Crippen LogP contribution in [0.15, 0.2) is 0 Å². The molecule has 3 rings (SSSR count). The quantitative estimate of drug-likeness (QED) is 0.715. The highest BCUT2D eigenvalue weighted by Crippen LogP contribution is 2.46. The van der Waals surface area contributed by atoms with Crippen molar-refractivity contribution in [2.45, 2.75) is 50.9 Å². The predicted molar refractivity (Wildman–Crippen MR) is 68.4 cm³/mol. The van der Waals surface area contributed by atoms with Crippen molar-refractivity contribution in [2.24, 2.45) is 5.41 Å². The minimum absolute atomic E-state index is 0.107. The minimum Gasteiger partial charge on any atom is -0.378 e. The van der Waals surface area contributed by atoms with Gasteiger partial charge >= 0.3 is 0 Å². The molecule has 4 heteroatoms. The largest absolute Gasteiger partial charge is 0.378 e. The molecule has 0 aromatic carbocycles. The Bertz CT molecular complexity index is 304. The molecule has 0 aromatic rings. The summed E-state index contributed by atoms with van der Waals surface area (Å²) in [6, 6.07) is 0. The van der Waals surface area contributed by atoms with Gasteiger partial charge in [-0.15, -0.1) is 0 Å². The zero-order valence-corrected chi connectivity index (χ0v) is 11.6. The molecule has 0 aliphatic carbocycles. The molecule has 3 fully saturated rings. The van der Waals surface area contributed by atoms with Crippen LogP contribution in [0.1, 0.15) is 39.5 Å². The summed E-state index contributed by atoms with van der Waals surface area (Å²) < 4.78 is 18.0. The van der Waals surface area contributed by atoms with Crippen LogP contribution in [-0.2, 0) is 14.2 Å². The molecule has 2 unspecified atom stereocenters. The summed E-state index contributed by atoms with van der Waals surface area (Å²) >= 11 is 0. The lowest BCUT2D eigenvalue weighted by atomic mass is 9.69. The Morgan fingerprint density at radius 2 is 1.67 bits per heavy atom. The average molecular weight is 255 g/mol. The summed E-state index contributed by atoms with van der Waals surface area (Å²) in [6.07, 6.45) is 4.32. The van der Waals surface area contributed by atoms with E-state index in [9.17, 15) is 0 Å². The highest BCUT2D eigenvalue weighted by molar-refractivity contribution is 5.05. The lowest BCUT2D eigenvalue weighted by Gasteiger charge is -2.58. The monoisotopic (exact) mass is 255 g/mol. The standard InChI is InChI=1S/C14H25NO3/c1-12(2)9-15-14(6-4-8-17-11-14)18-13(12)5-3-7-16-10-13/h15H,3-11H2,1-2H3. The fourth-order valence-corrected chi connectivity index (χ4v) is 3.46. The summed E-state index contributed by atoms with van der Waals surface area (Å²) in [5.74, 6) is 0. The van der Waals surface area contributed by atoms with Crippen LogP contribution < -0.4 is 5.32 Å². The molecule has 2 atom stereocenters. The fraction of sp³-hybridized carbons (Fsp3) is 1.00. The van der Waals surface area contributed by atoms with Gasteiger partial charge in [0, 0.05) is 25.2 Å². The first-order chi connectivity index (χ1) is 8.58. The molecule has 3 aliphatic heterocycles. The molecule has 0 bridgehead atoms. The third kappa shape index (κ3) is 1.99. The van der Waals surface area contributed by atoms with Gasteiger partial charge in [-0.2, -0.15) is 0 Å². The van der Waals surface area contributed by atoms with Gasteiger partial charge in [0.2, 0.25) is 0 Å². The van der Waals surface area contributed by atoms with Crippen LogP contribution in [0.4, 0.5) is 0 Å². The van der Waals surface area contributed by atoms with E-state index in [0.29, 0.717) is 6.61 Å². The maximum absolute atomic E-state index is 6.60. The van der Waals surface area contributed by atoms with Gasteiger partial charge in [0.15, 0.2) is 0 Å². The third-order valence-electron chi connectivity index (χ3n) is 4.89. The van der Waals surface area contributed by atoms with E-state index in [0.717, 1.165) is 52.0 Å². The molecule has 0 aromatic heterocycles. The second-order valence-electron chi connectivity index (χ2n) is 6.64. The zero-order chi connectivity index (χ0) is 12.7. The molecule has 0 radical (unpaired) electrons. The van der Waals surface area contributed by atoms with Crippen LogP contribution in [0.25, 0.3) is 0 Å². The predicted octanol–water partition coefficient (Wildman–Crippen LogP) is 1.69. The van der Waals surface area contributed by atoms with Crippen LogP contribution in [0.2, 0.25) is 0 Å². The van der Waals surface area contributed by atoms with Gasteiger partial charge in [0.1, 0.15) is 11.3 Å². The van der Waals surface area contributed by atoms with Gasteiger partial charge in [0.05, 0.1) is 13.2 Å². The minimum atomic E-state index is -0.269. The van der Waals surface area contributed by atoms with Crippen molar-refractivity contribution in [3.8, 4) is 0 Å². The second kappa shape index (κ2) is 4.44. The molecule has 18 heavy (non-hydrogen) atoms. The molecule has 0 saturated carbocycles. The van der Waals surface area contributed by atoms with Crippen molar-refractivity contribution in [1.29, 1.82) is 0 Å². The van der Waals surface area contributed by atoms with Crippen molar-refractivity contribution in [3.05, 3.63) is 0 Å². The number of hydrogen-bond donors (Lipinski definition) is 1. The maximum Gasteiger partial charge on any atom is 0.143 e. The van der Waals surface area contributed by atoms with E-state index in [4.69, 9.17) is 14.2 Å². The third-order valence-corrected chi connectivity index (χ3v) is 4.89. The van der Waals surface area contributed by atoms with Crippen LogP contribution in [0.5, 0.6) is 0 Å². The smallest absolute Gasteiger partial charge is 0.143 e. The number of nitrogens with one attached hydrogen (secondary N) is 1. The van der Waals surface area contributed by atoms with Gasteiger partial charge in [-0.05, 0) is 25.7 Å². The van der Waals surface area contributed by atoms with Crippen molar-refractivity contribution in [2.75, 3.05) is 33.0 Å². The molecule has 3 saturated heterocycles. The molecule has 0 amide bonds. The van der Waals surface area contributed by atoms with Gasteiger partial charge in [0.25, 0.3) is 0 Å². The number of ether oxygens (including phenoxy) is 3. The van der Waals surface area contributed by atoms with E-state index in [-0.39, 0.29) is 16.7 Å². The van der Waals surface area contributed by atoms with E-state index < -0.39 is 0 Å². The molecule has 3 heterocycles. The van der Waals surface area contributed by atoms with Crippen molar-refractivity contribution in [3.63, 3.8) is 0 Å². The molecular weight excluding hydrogens is 230 g/mol. The number of rotatable bonds is 0. The molecule has 2 spiro atoms. The summed E-state index contributed by atoms with van der Waals surface area (Å²) in [5, 5.41) is 3.59. The van der Waals surface area contributed by atoms with E-state index in [1.54, 1.807) is 0 Å². The first-order valence-electron chi connectivity index (χ1n) is 7.18. The van der Waals surface area contributed by atoms with Gasteiger partial charge < -0.3 is 14.2 Å². The zero-order valence-electron chi connectivity index (χ0n) is 11.6. The van der Waals surface area contributed by atoms with Crippen molar-refractivity contribution in [1.82, 2.24) is 5.32 Å². The van der Waals surface area contributed by atoms with E-state index in [1.165, 1.54) is 0 Å². The normalized spacial score (nSPS) is 44.3. The maximum atomic E-state index is 6.60. The summed E-state index contributed by atoms with van der Waals surface area (Å²) in [7, 11) is 0. The van der Waals surface area contributed by atoms with Gasteiger partial charge in [-0.25, -0.2) is 0 Å². The van der Waals surface area contributed by atoms with E-state index in [2.05, 4.69) is 19.2 Å². The Labute approximate surface area is 109 Å². The Morgan fingerprint density at radius 3 is 2.28 bits per heavy atom. The molecule has 1 N–H and O–H groups in total. The van der Waals surface area contributed by atoms with Crippen molar-refractivity contribution < 1.29 is 14.2 Å². The Hall–Kier alpha value is -0.160. The molecular formula is C14H25NO3. The molecule has 104 valence electrons. The second-order valence-corrected chi connectivity index (χ2v) is 6.64. The summed E-state index contributed by atoms with van der Waals surface area (Å²) in [5.41, 5.74) is -0.304. The van der Waals surface area contributed by atoms with Crippen molar-refractivity contribution >= 4 is 0 Å².